The minimum atomic E-state index is -1.06. The van der Waals surface area contributed by atoms with E-state index in [-0.39, 0.29) is 13.0 Å². The number of rotatable bonds is 8. The second-order valence-corrected chi connectivity index (χ2v) is 4.72. The molecule has 0 saturated carbocycles. The Hall–Kier alpha value is -1.93. The van der Waals surface area contributed by atoms with Crippen molar-refractivity contribution in [1.29, 1.82) is 0 Å². The molecule has 114 valence electrons. The zero-order valence-corrected chi connectivity index (χ0v) is 11.3. The van der Waals surface area contributed by atoms with Crippen LogP contribution in [0.5, 0.6) is 0 Å². The highest BCUT2D eigenvalue weighted by molar-refractivity contribution is 5.84. The van der Waals surface area contributed by atoms with E-state index < -0.39 is 24.7 Å². The number of fused-ring (bicyclic) bond motifs is 1. The third-order valence-electron chi connectivity index (χ3n) is 3.11. The molecule has 1 aromatic carbocycles. The largest absolute Gasteiger partial charge is 0.480 e. The van der Waals surface area contributed by atoms with Crippen LogP contribution in [-0.4, -0.2) is 51.6 Å². The van der Waals surface area contributed by atoms with Gasteiger partial charge >= 0.3 is 5.97 Å². The van der Waals surface area contributed by atoms with Crippen molar-refractivity contribution in [3.05, 3.63) is 36.0 Å². The number of aliphatic carboxylic acids is 1. The van der Waals surface area contributed by atoms with E-state index in [4.69, 9.17) is 15.1 Å². The van der Waals surface area contributed by atoms with E-state index in [2.05, 4.69) is 10.5 Å². The number of aliphatic hydroxyl groups excluding tert-OH is 2. The minimum absolute atomic E-state index is 0.186. The van der Waals surface area contributed by atoms with Gasteiger partial charge in [-0.2, -0.15) is 5.48 Å². The highest BCUT2D eigenvalue weighted by atomic mass is 16.7. The summed E-state index contributed by atoms with van der Waals surface area (Å²) in [5, 5.41) is 28.0. The summed E-state index contributed by atoms with van der Waals surface area (Å²) in [7, 11) is 0. The number of para-hydroxylation sites is 1. The summed E-state index contributed by atoms with van der Waals surface area (Å²) in [4.78, 5) is 19.2. The molecule has 2 aromatic rings. The first-order chi connectivity index (χ1) is 10.1. The number of aromatic amines is 1. The Balaban J connectivity index is 2.01. The molecular weight excluding hydrogens is 276 g/mol. The Kier molecular flexibility index (Phi) is 5.29. The van der Waals surface area contributed by atoms with E-state index in [1.165, 1.54) is 0 Å². The van der Waals surface area contributed by atoms with E-state index in [1.54, 1.807) is 6.20 Å². The molecule has 0 fully saturated rings. The van der Waals surface area contributed by atoms with E-state index in [1.807, 2.05) is 24.3 Å². The molecule has 5 N–H and O–H groups in total. The zero-order chi connectivity index (χ0) is 15.2. The number of aromatic nitrogens is 1. The Morgan fingerprint density at radius 3 is 2.86 bits per heavy atom. The monoisotopic (exact) mass is 294 g/mol. The fourth-order valence-electron chi connectivity index (χ4n) is 2.00. The molecule has 0 saturated heterocycles. The molecule has 2 rings (SSSR count). The number of aliphatic hydroxyl groups is 2. The van der Waals surface area contributed by atoms with Crippen molar-refractivity contribution in [2.75, 3.05) is 13.2 Å². The van der Waals surface area contributed by atoms with E-state index in [0.717, 1.165) is 16.5 Å². The van der Waals surface area contributed by atoms with Crippen LogP contribution in [0, 0.1) is 0 Å². The van der Waals surface area contributed by atoms with Crippen LogP contribution in [0.15, 0.2) is 30.5 Å². The van der Waals surface area contributed by atoms with Gasteiger partial charge in [0.2, 0.25) is 0 Å². The molecule has 1 heterocycles. The van der Waals surface area contributed by atoms with Gasteiger partial charge in [-0.15, -0.1) is 0 Å². The van der Waals surface area contributed by atoms with E-state index >= 15 is 0 Å². The molecule has 0 spiro atoms. The minimum Gasteiger partial charge on any atom is -0.480 e. The molecular formula is C14H18N2O5. The van der Waals surface area contributed by atoms with Gasteiger partial charge in [0.15, 0.2) is 0 Å². The maximum absolute atomic E-state index is 11.2. The van der Waals surface area contributed by atoms with Crippen LogP contribution < -0.4 is 5.48 Å². The topological polar surface area (TPSA) is 115 Å². The highest BCUT2D eigenvalue weighted by Gasteiger charge is 2.20. The molecule has 0 bridgehead atoms. The number of benzene rings is 1. The van der Waals surface area contributed by atoms with Crippen molar-refractivity contribution in [2.45, 2.75) is 18.6 Å². The molecule has 21 heavy (non-hydrogen) atoms. The molecule has 0 radical (unpaired) electrons. The quantitative estimate of drug-likeness (QED) is 0.439. The normalized spacial score (nSPS) is 14.2. The predicted octanol–water partition coefficient (Wildman–Crippen LogP) is 0.0380. The van der Waals surface area contributed by atoms with Crippen molar-refractivity contribution >= 4 is 16.9 Å². The van der Waals surface area contributed by atoms with Crippen LogP contribution >= 0.6 is 0 Å². The maximum atomic E-state index is 11.2. The van der Waals surface area contributed by atoms with Crippen molar-refractivity contribution in [2.24, 2.45) is 0 Å². The molecule has 1 unspecified atom stereocenters. The Morgan fingerprint density at radius 1 is 1.38 bits per heavy atom. The van der Waals surface area contributed by atoms with Crippen LogP contribution in [0.3, 0.4) is 0 Å². The summed E-state index contributed by atoms with van der Waals surface area (Å²) in [6.07, 6.45) is 0.958. The molecule has 7 nitrogen and oxygen atoms in total. The lowest BCUT2D eigenvalue weighted by Gasteiger charge is -2.15. The number of carbonyl (C=O) groups is 1. The zero-order valence-electron chi connectivity index (χ0n) is 11.3. The number of H-pyrrole nitrogens is 1. The predicted molar refractivity (Wildman–Crippen MR) is 75.6 cm³/mol. The fourth-order valence-corrected chi connectivity index (χ4v) is 2.00. The fraction of sp³-hybridized carbons (Fsp3) is 0.357. The summed E-state index contributed by atoms with van der Waals surface area (Å²) >= 11 is 0. The van der Waals surface area contributed by atoms with Crippen molar-refractivity contribution in [1.82, 2.24) is 10.5 Å². The molecule has 0 aliphatic carbocycles. The Labute approximate surface area is 121 Å². The first-order valence-corrected chi connectivity index (χ1v) is 6.56. The lowest BCUT2D eigenvalue weighted by molar-refractivity contribution is -0.145. The first kappa shape index (κ1) is 15.5. The summed E-state index contributed by atoms with van der Waals surface area (Å²) in [5.74, 6) is -1.06. The SMILES string of the molecule is O=C(O)[C@H](Cc1c[nH]c2ccccc12)NOCC(O)CO. The molecule has 2 atom stereocenters. The smallest absolute Gasteiger partial charge is 0.323 e. The van der Waals surface area contributed by atoms with E-state index in [9.17, 15) is 9.90 Å². The average Bonchev–Trinajstić information content (AvgIpc) is 2.89. The van der Waals surface area contributed by atoms with Crippen LogP contribution in [0.2, 0.25) is 0 Å². The molecule has 1 aromatic heterocycles. The van der Waals surface area contributed by atoms with Gasteiger partial charge in [-0.25, -0.2) is 0 Å². The maximum Gasteiger partial charge on any atom is 0.323 e. The van der Waals surface area contributed by atoms with Crippen molar-refractivity contribution < 1.29 is 25.0 Å². The molecule has 0 aliphatic rings. The van der Waals surface area contributed by atoms with Crippen LogP contribution in [0.1, 0.15) is 5.56 Å². The summed E-state index contributed by atoms with van der Waals surface area (Å²) in [6.45, 7) is -0.629. The second-order valence-electron chi connectivity index (χ2n) is 4.72. The summed E-state index contributed by atoms with van der Waals surface area (Å²) in [5.41, 5.74) is 4.20. The number of hydroxylamine groups is 1. The third-order valence-corrected chi connectivity index (χ3v) is 3.11. The average molecular weight is 294 g/mol. The highest BCUT2D eigenvalue weighted by Crippen LogP contribution is 2.19. The Morgan fingerprint density at radius 2 is 2.14 bits per heavy atom. The number of carboxylic acids is 1. The number of hydrogen-bond donors (Lipinski definition) is 5. The van der Waals surface area contributed by atoms with E-state index in [0.29, 0.717) is 0 Å². The standard InChI is InChI=1S/C14H18N2O5/c17-7-10(18)8-21-16-13(14(19)20)5-9-6-15-12-4-2-1-3-11(9)12/h1-4,6,10,13,15-18H,5,7-8H2,(H,19,20)/t10?,13-/m0/s1. The number of nitrogens with one attached hydrogen (secondary N) is 2. The van der Waals surface area contributed by atoms with Gasteiger partial charge in [0.05, 0.1) is 13.2 Å². The van der Waals surface area contributed by atoms with Gasteiger partial charge in [0, 0.05) is 23.5 Å². The van der Waals surface area contributed by atoms with Crippen molar-refractivity contribution in [3.8, 4) is 0 Å². The summed E-state index contributed by atoms with van der Waals surface area (Å²) < 4.78 is 0. The number of carboxylic acid groups (broad SMARTS) is 1. The first-order valence-electron chi connectivity index (χ1n) is 6.56. The van der Waals surface area contributed by atoms with Crippen LogP contribution in [0.4, 0.5) is 0 Å². The van der Waals surface area contributed by atoms with Crippen LogP contribution in [0.25, 0.3) is 10.9 Å². The van der Waals surface area contributed by atoms with Gasteiger partial charge in [0.1, 0.15) is 12.1 Å². The number of hydrogen-bond acceptors (Lipinski definition) is 5. The third kappa shape index (κ3) is 4.02. The van der Waals surface area contributed by atoms with Gasteiger partial charge in [0.25, 0.3) is 0 Å². The Bertz CT molecular complexity index is 598. The van der Waals surface area contributed by atoms with Gasteiger partial charge < -0.3 is 20.3 Å². The lowest BCUT2D eigenvalue weighted by atomic mass is 10.1. The molecule has 0 amide bonds. The van der Waals surface area contributed by atoms with Gasteiger partial charge in [-0.3, -0.25) is 9.63 Å². The summed E-state index contributed by atoms with van der Waals surface area (Å²) in [6, 6.07) is 6.66. The lowest BCUT2D eigenvalue weighted by Crippen LogP contribution is -2.40. The van der Waals surface area contributed by atoms with Gasteiger partial charge in [-0.1, -0.05) is 18.2 Å². The second kappa shape index (κ2) is 7.19. The molecule has 0 aliphatic heterocycles. The molecule has 7 heteroatoms. The van der Waals surface area contributed by atoms with Crippen LogP contribution in [-0.2, 0) is 16.1 Å². The van der Waals surface area contributed by atoms with Crippen molar-refractivity contribution in [3.63, 3.8) is 0 Å². The van der Waals surface area contributed by atoms with Gasteiger partial charge in [-0.05, 0) is 11.6 Å².